The molecule has 0 radical (unpaired) electrons. The second-order valence-electron chi connectivity index (χ2n) is 7.11. The molecular formula is C23H17N2NaO4. The Morgan fingerprint density at radius 1 is 1.20 bits per heavy atom. The summed E-state index contributed by atoms with van der Waals surface area (Å²) in [6, 6.07) is 13.7. The molecule has 2 aromatic rings. The first-order chi connectivity index (χ1) is 13.9. The summed E-state index contributed by atoms with van der Waals surface area (Å²) < 4.78 is 0. The molecule has 1 aliphatic heterocycles. The first-order valence-corrected chi connectivity index (χ1v) is 9.21. The first-order valence-electron chi connectivity index (χ1n) is 9.21. The molecule has 4 rings (SSSR count). The maximum Gasteiger partial charge on any atom is 1.00 e. The molecule has 1 heterocycles. The minimum atomic E-state index is -1.56. The zero-order valence-corrected chi connectivity index (χ0v) is 18.7. The monoisotopic (exact) mass is 408 g/mol. The number of hydrogen-bond acceptors (Lipinski definition) is 4. The van der Waals surface area contributed by atoms with E-state index in [0.717, 1.165) is 36.3 Å². The van der Waals surface area contributed by atoms with Gasteiger partial charge in [0.1, 0.15) is 0 Å². The quantitative estimate of drug-likeness (QED) is 0.439. The normalized spacial score (nSPS) is 16.8. The van der Waals surface area contributed by atoms with Crippen molar-refractivity contribution in [3.63, 3.8) is 0 Å². The number of rotatable bonds is 3. The van der Waals surface area contributed by atoms with Gasteiger partial charge in [0.15, 0.2) is 5.78 Å². The summed E-state index contributed by atoms with van der Waals surface area (Å²) in [6.07, 6.45) is 1.76. The van der Waals surface area contributed by atoms with Gasteiger partial charge in [-0.25, -0.2) is 4.85 Å². The van der Waals surface area contributed by atoms with E-state index in [1.807, 2.05) is 19.1 Å². The van der Waals surface area contributed by atoms with Gasteiger partial charge in [0.25, 0.3) is 5.70 Å². The van der Waals surface area contributed by atoms with Crippen molar-refractivity contribution in [3.05, 3.63) is 87.6 Å². The maximum atomic E-state index is 12.4. The predicted octanol–water partition coefficient (Wildman–Crippen LogP) is -0.00459. The number of hydrogen-bond donors (Lipinski definition) is 1. The molecule has 0 bridgehead atoms. The Morgan fingerprint density at radius 2 is 1.90 bits per heavy atom. The third kappa shape index (κ3) is 3.56. The number of aliphatic carboxylic acids is 1. The number of anilines is 2. The molecule has 2 aliphatic rings. The summed E-state index contributed by atoms with van der Waals surface area (Å²) in [6.45, 7) is 9.83. The Morgan fingerprint density at radius 3 is 2.50 bits per heavy atom. The van der Waals surface area contributed by atoms with Crippen LogP contribution in [-0.4, -0.2) is 23.4 Å². The Balaban J connectivity index is 0.00000256. The number of fused-ring (bicyclic) bond motifs is 1. The molecule has 0 aromatic heterocycles. The molecule has 0 fully saturated rings. The van der Waals surface area contributed by atoms with Gasteiger partial charge in [-0.2, -0.15) is 0 Å². The molecule has 0 saturated carbocycles. The Labute approximate surface area is 196 Å². The fourth-order valence-electron chi connectivity index (χ4n) is 3.83. The van der Waals surface area contributed by atoms with Gasteiger partial charge in [0, 0.05) is 29.1 Å². The predicted molar refractivity (Wildman–Crippen MR) is 106 cm³/mol. The Bertz CT molecular complexity index is 1160. The molecule has 30 heavy (non-hydrogen) atoms. The zero-order chi connectivity index (χ0) is 20.7. The first kappa shape index (κ1) is 21.8. The summed E-state index contributed by atoms with van der Waals surface area (Å²) in [5.74, 6) is -2.90. The van der Waals surface area contributed by atoms with Crippen LogP contribution in [0.3, 0.4) is 0 Å². The largest absolute Gasteiger partial charge is 1.00 e. The molecule has 0 spiro atoms. The van der Waals surface area contributed by atoms with E-state index < -0.39 is 28.8 Å². The molecule has 0 atom stereocenters. The molecule has 6 nitrogen and oxygen atoms in total. The van der Waals surface area contributed by atoms with Crippen LogP contribution in [0.5, 0.6) is 0 Å². The van der Waals surface area contributed by atoms with E-state index in [1.54, 1.807) is 6.07 Å². The second-order valence-corrected chi connectivity index (χ2v) is 7.11. The topological polar surface area (TPSA) is 85.0 Å². The zero-order valence-electron chi connectivity index (χ0n) is 16.7. The Hall–Kier alpha value is -2.85. The number of ketones is 1. The molecule has 0 amide bonds. The third-order valence-electron chi connectivity index (χ3n) is 5.29. The van der Waals surface area contributed by atoms with Crippen molar-refractivity contribution < 1.29 is 49.4 Å². The molecule has 7 heteroatoms. The van der Waals surface area contributed by atoms with Gasteiger partial charge in [-0.3, -0.25) is 9.59 Å². The number of allylic oxidation sites excluding steroid dienone is 2. The van der Waals surface area contributed by atoms with Gasteiger partial charge in [-0.1, -0.05) is 29.5 Å². The summed E-state index contributed by atoms with van der Waals surface area (Å²) >= 11 is 0. The smallest absolute Gasteiger partial charge is 0.872 e. The summed E-state index contributed by atoms with van der Waals surface area (Å²) in [7, 11) is 0. The third-order valence-corrected chi connectivity index (χ3v) is 5.29. The average molecular weight is 408 g/mol. The van der Waals surface area contributed by atoms with Crippen molar-refractivity contribution in [2.45, 2.75) is 19.8 Å². The number of carboxylic acid groups (broad SMARTS) is 1. The van der Waals surface area contributed by atoms with Crippen LogP contribution in [0.1, 0.15) is 23.1 Å². The molecule has 1 N–H and O–H groups in total. The van der Waals surface area contributed by atoms with Crippen LogP contribution in [0.4, 0.5) is 11.4 Å². The summed E-state index contributed by atoms with van der Waals surface area (Å²) in [5.41, 5.74) is 3.43. The van der Waals surface area contributed by atoms with E-state index in [0.29, 0.717) is 5.56 Å². The minimum Gasteiger partial charge on any atom is -0.872 e. The maximum absolute atomic E-state index is 12.4. The van der Waals surface area contributed by atoms with E-state index >= 15 is 0 Å². The molecule has 0 saturated heterocycles. The SMILES string of the molecule is [C-]#[N+]/C(C(=O)O)=C1\C(=O)C(c2ccc3c(c2)CCCN3c2ccc(C)cc2)=C1[O-].[Na+]. The van der Waals surface area contributed by atoms with Crippen LogP contribution in [-0.2, 0) is 16.0 Å². The van der Waals surface area contributed by atoms with Crippen molar-refractivity contribution in [2.75, 3.05) is 11.4 Å². The van der Waals surface area contributed by atoms with Crippen LogP contribution < -0.4 is 39.6 Å². The van der Waals surface area contributed by atoms with E-state index in [2.05, 4.69) is 34.0 Å². The second kappa shape index (κ2) is 8.49. The average Bonchev–Trinajstić information content (AvgIpc) is 2.71. The van der Waals surface area contributed by atoms with E-state index in [1.165, 1.54) is 5.56 Å². The molecule has 2 aromatic carbocycles. The van der Waals surface area contributed by atoms with Crippen molar-refractivity contribution in [1.29, 1.82) is 0 Å². The fraction of sp³-hybridized carbons (Fsp3) is 0.174. The van der Waals surface area contributed by atoms with E-state index in [-0.39, 0.29) is 35.1 Å². The summed E-state index contributed by atoms with van der Waals surface area (Å²) in [4.78, 5) is 28.6. The van der Waals surface area contributed by atoms with Crippen LogP contribution >= 0.6 is 0 Å². The van der Waals surface area contributed by atoms with Gasteiger partial charge in [0.2, 0.25) is 0 Å². The molecule has 0 unspecified atom stereocenters. The van der Waals surface area contributed by atoms with E-state index in [4.69, 9.17) is 11.7 Å². The number of carbonyl (C=O) groups excluding carboxylic acids is 1. The van der Waals surface area contributed by atoms with Gasteiger partial charge in [0.05, 0.1) is 6.57 Å². The van der Waals surface area contributed by atoms with Crippen LogP contribution in [0.15, 0.2) is 59.5 Å². The van der Waals surface area contributed by atoms with Crippen LogP contribution in [0.25, 0.3) is 10.4 Å². The molecule has 144 valence electrons. The van der Waals surface area contributed by atoms with Crippen molar-refractivity contribution in [1.82, 2.24) is 0 Å². The van der Waals surface area contributed by atoms with Gasteiger partial charge >= 0.3 is 35.5 Å². The number of carboxylic acids is 1. The van der Waals surface area contributed by atoms with Gasteiger partial charge < -0.3 is 15.1 Å². The number of carbonyl (C=O) groups is 2. The Kier molecular flexibility index (Phi) is 6.18. The molecular weight excluding hydrogens is 391 g/mol. The van der Waals surface area contributed by atoms with Gasteiger partial charge in [-0.15, -0.1) is 0 Å². The standard InChI is InChI=1S/C23H18N2O4.Na/c1-13-5-8-16(9-6-13)25-11-3-4-14-12-15(7-10-17(14)25)18-21(26)19(22(18)27)20(24-2)23(28)29;/h5-10,12,26H,3-4,11H2,1H3,(H,28,29);/q;+1/p-1/b20-19-;. The van der Waals surface area contributed by atoms with Crippen LogP contribution in [0, 0.1) is 13.5 Å². The van der Waals surface area contributed by atoms with E-state index in [9.17, 15) is 14.7 Å². The molecule has 1 aliphatic carbocycles. The minimum absolute atomic E-state index is 0. The number of Topliss-reactive ketones (excluding diaryl/α,β-unsaturated/α-hetero) is 1. The number of aryl methyl sites for hydroxylation is 2. The van der Waals surface area contributed by atoms with Crippen LogP contribution in [0.2, 0.25) is 0 Å². The fourth-order valence-corrected chi connectivity index (χ4v) is 3.83. The van der Waals surface area contributed by atoms with Crippen molar-refractivity contribution in [2.24, 2.45) is 0 Å². The van der Waals surface area contributed by atoms with Gasteiger partial charge in [-0.05, 0) is 55.2 Å². The van der Waals surface area contributed by atoms with Crippen molar-refractivity contribution in [3.8, 4) is 0 Å². The number of benzene rings is 2. The number of nitrogens with zero attached hydrogens (tertiary/aromatic N) is 2. The summed E-state index contributed by atoms with van der Waals surface area (Å²) in [5, 5.41) is 21.5. The van der Waals surface area contributed by atoms with Crippen molar-refractivity contribution >= 4 is 28.7 Å².